The summed E-state index contributed by atoms with van der Waals surface area (Å²) < 4.78 is 70.7. The van der Waals surface area contributed by atoms with Crippen molar-refractivity contribution in [2.45, 2.75) is 18.6 Å². The number of fused-ring (bicyclic) bond motifs is 1. The maximum Gasteiger partial charge on any atom is 0.416 e. The Bertz CT molecular complexity index is 1590. The summed E-state index contributed by atoms with van der Waals surface area (Å²) in [5, 5.41) is 5.79. The van der Waals surface area contributed by atoms with E-state index < -0.39 is 42.0 Å². The van der Waals surface area contributed by atoms with Crippen LogP contribution in [-0.2, 0) is 15.7 Å². The molecule has 1 saturated heterocycles. The number of nitrogens with zero attached hydrogens (tertiary/aromatic N) is 4. The van der Waals surface area contributed by atoms with E-state index in [-0.39, 0.29) is 30.9 Å². The minimum absolute atomic E-state index is 0.0158. The summed E-state index contributed by atoms with van der Waals surface area (Å²) in [6.45, 7) is 2.58. The molecule has 0 unspecified atom stereocenters. The third-order valence-corrected chi connectivity index (χ3v) is 7.99. The van der Waals surface area contributed by atoms with E-state index in [0.717, 1.165) is 24.3 Å². The molecule has 1 atom stereocenters. The van der Waals surface area contributed by atoms with Crippen LogP contribution in [0.25, 0.3) is 0 Å². The molecule has 236 valence electrons. The summed E-state index contributed by atoms with van der Waals surface area (Å²) in [5.41, 5.74) is 0.425. The van der Waals surface area contributed by atoms with Crippen molar-refractivity contribution in [2.75, 3.05) is 52.7 Å². The highest BCUT2D eigenvalue weighted by Crippen LogP contribution is 2.39. The third-order valence-electron chi connectivity index (χ3n) is 7.99. The summed E-state index contributed by atoms with van der Waals surface area (Å²) in [6, 6.07) is 14.7. The number of ether oxygens (including phenoxy) is 3. The van der Waals surface area contributed by atoms with Gasteiger partial charge >= 0.3 is 6.18 Å². The zero-order valence-corrected chi connectivity index (χ0v) is 24.1. The van der Waals surface area contributed by atoms with Crippen molar-refractivity contribution in [3.8, 4) is 11.5 Å². The van der Waals surface area contributed by atoms with Crippen LogP contribution < -0.4 is 9.47 Å². The summed E-state index contributed by atoms with van der Waals surface area (Å²) >= 11 is 0. The molecule has 3 heterocycles. The number of amides is 2. The van der Waals surface area contributed by atoms with Crippen molar-refractivity contribution in [3.63, 3.8) is 0 Å². The molecule has 0 N–H and O–H groups in total. The molecule has 13 heteroatoms. The molecule has 45 heavy (non-hydrogen) atoms. The second-order valence-electron chi connectivity index (χ2n) is 10.9. The van der Waals surface area contributed by atoms with E-state index in [1.54, 1.807) is 36.4 Å². The minimum atomic E-state index is -4.55. The molecule has 3 aromatic rings. The fourth-order valence-corrected chi connectivity index (χ4v) is 5.54. The Morgan fingerprint density at radius 2 is 1.69 bits per heavy atom. The molecule has 1 fully saturated rings. The topological polar surface area (TPSA) is 83.9 Å². The number of benzene rings is 3. The van der Waals surface area contributed by atoms with Crippen molar-refractivity contribution in [2.24, 2.45) is 5.10 Å². The number of rotatable bonds is 8. The monoisotopic (exact) mass is 626 g/mol. The van der Waals surface area contributed by atoms with Crippen LogP contribution in [0.1, 0.15) is 39.5 Å². The first kappa shape index (κ1) is 30.5. The smallest absolute Gasteiger partial charge is 0.416 e. The highest BCUT2D eigenvalue weighted by molar-refractivity contribution is 6.04. The Hall–Kier alpha value is -4.49. The molecular weight excluding hydrogens is 596 g/mol. The number of morpholine rings is 1. The van der Waals surface area contributed by atoms with Gasteiger partial charge in [0.05, 0.1) is 30.5 Å². The van der Waals surface area contributed by atoms with Crippen molar-refractivity contribution in [1.82, 2.24) is 14.8 Å². The van der Waals surface area contributed by atoms with Gasteiger partial charge < -0.3 is 19.1 Å². The normalized spacial score (nSPS) is 18.2. The third kappa shape index (κ3) is 6.79. The lowest BCUT2D eigenvalue weighted by molar-refractivity contribution is -0.137. The number of hydrogen-bond donors (Lipinski definition) is 0. The molecule has 3 aliphatic rings. The zero-order valence-electron chi connectivity index (χ0n) is 24.1. The van der Waals surface area contributed by atoms with Crippen LogP contribution in [0.4, 0.5) is 17.6 Å². The largest absolute Gasteiger partial charge is 0.454 e. The van der Waals surface area contributed by atoms with Gasteiger partial charge in [-0.2, -0.15) is 18.3 Å². The van der Waals surface area contributed by atoms with Gasteiger partial charge in [-0.05, 0) is 48.0 Å². The first-order valence-corrected chi connectivity index (χ1v) is 14.5. The van der Waals surface area contributed by atoms with E-state index >= 15 is 0 Å². The predicted octanol–water partition coefficient (Wildman–Crippen LogP) is 4.73. The first-order chi connectivity index (χ1) is 21.7. The second-order valence-corrected chi connectivity index (χ2v) is 10.9. The maximum atomic E-state index is 14.8. The van der Waals surface area contributed by atoms with Crippen LogP contribution in [-0.4, -0.2) is 85.1 Å². The van der Waals surface area contributed by atoms with Crippen molar-refractivity contribution < 1.29 is 41.4 Å². The van der Waals surface area contributed by atoms with Crippen molar-refractivity contribution in [1.29, 1.82) is 0 Å². The first-order valence-electron chi connectivity index (χ1n) is 14.5. The van der Waals surface area contributed by atoms with Gasteiger partial charge in [0.15, 0.2) is 11.5 Å². The van der Waals surface area contributed by atoms with Crippen LogP contribution in [0, 0.1) is 5.82 Å². The Labute approximate surface area is 256 Å². The Kier molecular flexibility index (Phi) is 8.72. The van der Waals surface area contributed by atoms with Crippen LogP contribution in [0.2, 0.25) is 0 Å². The van der Waals surface area contributed by atoms with Crippen LogP contribution in [0.3, 0.4) is 0 Å². The summed E-state index contributed by atoms with van der Waals surface area (Å²) in [7, 11) is 0. The molecule has 9 nitrogen and oxygen atoms in total. The molecule has 3 aliphatic heterocycles. The van der Waals surface area contributed by atoms with Crippen LogP contribution in [0.15, 0.2) is 71.8 Å². The number of carbonyl (C=O) groups excluding carboxylic acids is 2. The number of carbonyl (C=O) groups is 2. The molecule has 0 bridgehead atoms. The lowest BCUT2D eigenvalue weighted by Crippen LogP contribution is -2.46. The van der Waals surface area contributed by atoms with Crippen molar-refractivity contribution >= 4 is 17.5 Å². The molecule has 3 aromatic carbocycles. The van der Waals surface area contributed by atoms with Gasteiger partial charge in [0.2, 0.25) is 6.79 Å². The average Bonchev–Trinajstić information content (AvgIpc) is 3.70. The van der Waals surface area contributed by atoms with E-state index in [2.05, 4.69) is 10.0 Å². The maximum absolute atomic E-state index is 14.8. The SMILES string of the molecule is O=C(c1ccc(C(F)(F)F)cc1)N(CCN1CCOCC1)CC(=O)N1N=C(c2ccccc2F)C[C@H]1c1ccc2c(c1)OCO2. The van der Waals surface area contributed by atoms with Crippen LogP contribution in [0.5, 0.6) is 11.5 Å². The summed E-state index contributed by atoms with van der Waals surface area (Å²) in [6.07, 6.45) is -4.35. The molecule has 0 aromatic heterocycles. The van der Waals surface area contributed by atoms with Crippen molar-refractivity contribution in [3.05, 3.63) is 94.8 Å². The van der Waals surface area contributed by atoms with Gasteiger partial charge in [0.25, 0.3) is 11.8 Å². The van der Waals surface area contributed by atoms with Gasteiger partial charge in [0, 0.05) is 43.7 Å². The zero-order chi connectivity index (χ0) is 31.6. The standard InChI is InChI=1S/C32H30F4N4O5/c33-25-4-2-1-3-24(25)26-18-27(22-7-10-28-29(17-22)45-20-44-28)40(37-26)30(41)19-39(12-11-38-13-15-43-16-14-38)31(42)21-5-8-23(9-6-21)32(34,35)36/h1-10,17,27H,11-16,18-20H2/t27-/m0/s1. The second kappa shape index (κ2) is 12.9. The highest BCUT2D eigenvalue weighted by Gasteiger charge is 2.36. The fraction of sp³-hybridized carbons (Fsp3) is 0.344. The van der Waals surface area contributed by atoms with E-state index in [1.165, 1.54) is 16.0 Å². The van der Waals surface area contributed by atoms with Gasteiger partial charge in [-0.1, -0.05) is 24.3 Å². The van der Waals surface area contributed by atoms with Crippen LogP contribution >= 0.6 is 0 Å². The predicted molar refractivity (Wildman–Crippen MR) is 154 cm³/mol. The molecule has 6 rings (SSSR count). The summed E-state index contributed by atoms with van der Waals surface area (Å²) in [4.78, 5) is 31.1. The van der Waals surface area contributed by atoms with Gasteiger partial charge in [0.1, 0.15) is 12.4 Å². The molecule has 2 amide bonds. The Morgan fingerprint density at radius 1 is 0.956 bits per heavy atom. The quantitative estimate of drug-likeness (QED) is 0.337. The van der Waals surface area contributed by atoms with E-state index in [0.29, 0.717) is 55.6 Å². The van der Waals surface area contributed by atoms with E-state index in [9.17, 15) is 27.2 Å². The van der Waals surface area contributed by atoms with E-state index in [4.69, 9.17) is 14.2 Å². The lowest BCUT2D eigenvalue weighted by atomic mass is 9.97. The molecule has 0 aliphatic carbocycles. The number of halogens is 4. The molecule has 0 radical (unpaired) electrons. The Balaban J connectivity index is 1.29. The average molecular weight is 627 g/mol. The lowest BCUT2D eigenvalue weighted by Gasteiger charge is -2.31. The van der Waals surface area contributed by atoms with Gasteiger partial charge in [-0.15, -0.1) is 0 Å². The molecule has 0 saturated carbocycles. The number of hydrogen-bond acceptors (Lipinski definition) is 7. The minimum Gasteiger partial charge on any atom is -0.454 e. The number of hydrazone groups is 1. The number of alkyl halides is 3. The highest BCUT2D eigenvalue weighted by atomic mass is 19.4. The summed E-state index contributed by atoms with van der Waals surface area (Å²) in [5.74, 6) is -0.557. The fourth-order valence-electron chi connectivity index (χ4n) is 5.54. The van der Waals surface area contributed by atoms with Gasteiger partial charge in [-0.3, -0.25) is 14.5 Å². The van der Waals surface area contributed by atoms with Gasteiger partial charge in [-0.25, -0.2) is 9.40 Å². The molecular formula is C32H30F4N4O5. The van der Waals surface area contributed by atoms with E-state index in [1.807, 2.05) is 0 Å². The molecule has 0 spiro atoms. The Morgan fingerprint density at radius 3 is 2.42 bits per heavy atom.